The van der Waals surface area contributed by atoms with Gasteiger partial charge in [0.05, 0.1) is 12.0 Å². The second-order valence-electron chi connectivity index (χ2n) is 4.07. The van der Waals surface area contributed by atoms with E-state index in [1.807, 2.05) is 48.5 Å². The van der Waals surface area contributed by atoms with E-state index < -0.39 is 0 Å². The summed E-state index contributed by atoms with van der Waals surface area (Å²) in [6.45, 7) is 0. The fourth-order valence-corrected chi connectivity index (χ4v) is 2.31. The first-order chi connectivity index (χ1) is 8.69. The highest BCUT2D eigenvalue weighted by molar-refractivity contribution is 9.10. The molecule has 0 fully saturated rings. The van der Waals surface area contributed by atoms with E-state index in [2.05, 4.69) is 22.0 Å². The van der Waals surface area contributed by atoms with Gasteiger partial charge in [-0.2, -0.15) is 5.26 Å². The first-order valence-electron chi connectivity index (χ1n) is 5.58. The fourth-order valence-electron chi connectivity index (χ4n) is 1.83. The minimum Gasteiger partial charge on any atom is -0.198 e. The molecule has 1 unspecified atom stereocenters. The molecule has 2 aromatic carbocycles. The lowest BCUT2D eigenvalue weighted by Crippen LogP contribution is -2.00. The van der Waals surface area contributed by atoms with Gasteiger partial charge < -0.3 is 0 Å². The second-order valence-corrected chi connectivity index (χ2v) is 5.42. The van der Waals surface area contributed by atoms with E-state index in [0.717, 1.165) is 15.6 Å². The van der Waals surface area contributed by atoms with Crippen molar-refractivity contribution in [3.05, 3.63) is 69.2 Å². The number of halogens is 2. The van der Waals surface area contributed by atoms with E-state index in [1.165, 1.54) is 0 Å². The maximum absolute atomic E-state index is 9.28. The van der Waals surface area contributed by atoms with Crippen LogP contribution in [0, 0.1) is 11.3 Å². The minimum absolute atomic E-state index is 0.142. The average molecular weight is 321 g/mol. The van der Waals surface area contributed by atoms with Gasteiger partial charge in [0, 0.05) is 9.50 Å². The molecule has 0 aromatic heterocycles. The molecule has 0 amide bonds. The van der Waals surface area contributed by atoms with Gasteiger partial charge in [-0.15, -0.1) is 0 Å². The van der Waals surface area contributed by atoms with Crippen LogP contribution in [-0.2, 0) is 6.42 Å². The molecule has 2 aromatic rings. The van der Waals surface area contributed by atoms with Gasteiger partial charge in [-0.05, 0) is 41.8 Å². The van der Waals surface area contributed by atoms with Gasteiger partial charge in [0.15, 0.2) is 0 Å². The molecule has 3 heteroatoms. The van der Waals surface area contributed by atoms with Crippen molar-refractivity contribution in [2.45, 2.75) is 12.3 Å². The lowest BCUT2D eigenvalue weighted by atomic mass is 9.93. The van der Waals surface area contributed by atoms with Gasteiger partial charge in [-0.25, -0.2) is 0 Å². The average Bonchev–Trinajstić information content (AvgIpc) is 2.37. The van der Waals surface area contributed by atoms with Gasteiger partial charge in [0.2, 0.25) is 0 Å². The molecule has 0 heterocycles. The van der Waals surface area contributed by atoms with Crippen LogP contribution in [0.5, 0.6) is 0 Å². The Kier molecular flexibility index (Phi) is 4.41. The molecule has 1 nitrogen and oxygen atoms in total. The van der Waals surface area contributed by atoms with Crippen LogP contribution >= 0.6 is 27.5 Å². The molecular weight excluding hydrogens is 310 g/mol. The highest BCUT2D eigenvalue weighted by Gasteiger charge is 2.11. The standard InChI is InChI=1S/C15H11BrClN/c16-14-6-4-12(5-7-14)13(10-18)8-11-2-1-3-15(17)9-11/h1-7,9,13H,8H2. The van der Waals surface area contributed by atoms with Crippen molar-refractivity contribution < 1.29 is 0 Å². The number of hydrogen-bond donors (Lipinski definition) is 0. The summed E-state index contributed by atoms with van der Waals surface area (Å²) in [6, 6.07) is 17.9. The molecule has 90 valence electrons. The molecule has 0 aliphatic carbocycles. The van der Waals surface area contributed by atoms with Crippen LogP contribution in [0.4, 0.5) is 0 Å². The highest BCUT2D eigenvalue weighted by atomic mass is 79.9. The topological polar surface area (TPSA) is 23.8 Å². The quantitative estimate of drug-likeness (QED) is 0.784. The van der Waals surface area contributed by atoms with Crippen molar-refractivity contribution in [2.75, 3.05) is 0 Å². The Morgan fingerprint density at radius 2 is 1.89 bits per heavy atom. The molecule has 0 bridgehead atoms. The van der Waals surface area contributed by atoms with Crippen LogP contribution in [0.2, 0.25) is 5.02 Å². The summed E-state index contributed by atoms with van der Waals surface area (Å²) in [5.74, 6) is -0.142. The summed E-state index contributed by atoms with van der Waals surface area (Å²) in [5.41, 5.74) is 2.11. The molecule has 18 heavy (non-hydrogen) atoms. The first-order valence-corrected chi connectivity index (χ1v) is 6.75. The number of rotatable bonds is 3. The third kappa shape index (κ3) is 3.35. The fraction of sp³-hybridized carbons (Fsp3) is 0.133. The van der Waals surface area contributed by atoms with Gasteiger partial charge in [-0.1, -0.05) is 51.8 Å². The predicted molar refractivity (Wildman–Crippen MR) is 77.7 cm³/mol. The Bertz CT molecular complexity index is 572. The van der Waals surface area contributed by atoms with Crippen LogP contribution in [0.15, 0.2) is 53.0 Å². The molecule has 1 atom stereocenters. The van der Waals surface area contributed by atoms with Crippen molar-refractivity contribution in [1.82, 2.24) is 0 Å². The lowest BCUT2D eigenvalue weighted by Gasteiger charge is -2.10. The maximum Gasteiger partial charge on any atom is 0.0753 e. The maximum atomic E-state index is 9.28. The van der Waals surface area contributed by atoms with E-state index in [4.69, 9.17) is 11.6 Å². The molecule has 0 aliphatic rings. The molecule has 0 saturated heterocycles. The Morgan fingerprint density at radius 3 is 2.50 bits per heavy atom. The van der Waals surface area contributed by atoms with Gasteiger partial charge in [-0.3, -0.25) is 0 Å². The van der Waals surface area contributed by atoms with Crippen LogP contribution in [-0.4, -0.2) is 0 Å². The van der Waals surface area contributed by atoms with Crippen LogP contribution < -0.4 is 0 Å². The minimum atomic E-state index is -0.142. The first kappa shape index (κ1) is 13.1. The van der Waals surface area contributed by atoms with Crippen LogP contribution in [0.3, 0.4) is 0 Å². The molecule has 0 N–H and O–H groups in total. The summed E-state index contributed by atoms with van der Waals surface area (Å²) in [5, 5.41) is 9.99. The van der Waals surface area contributed by atoms with Crippen molar-refractivity contribution >= 4 is 27.5 Å². The second kappa shape index (κ2) is 6.04. The molecule has 2 rings (SSSR count). The lowest BCUT2D eigenvalue weighted by molar-refractivity contribution is 0.849. The predicted octanol–water partition coefficient (Wildman–Crippen LogP) is 4.95. The zero-order valence-electron chi connectivity index (χ0n) is 9.61. The number of nitrogens with zero attached hydrogens (tertiary/aromatic N) is 1. The van der Waals surface area contributed by atoms with Gasteiger partial charge in [0.25, 0.3) is 0 Å². The Labute approximate surface area is 120 Å². The largest absolute Gasteiger partial charge is 0.198 e. The smallest absolute Gasteiger partial charge is 0.0753 e. The SMILES string of the molecule is N#CC(Cc1cccc(Cl)c1)c1ccc(Br)cc1. The number of hydrogen-bond acceptors (Lipinski definition) is 1. The van der Waals surface area contributed by atoms with Crippen molar-refractivity contribution in [3.63, 3.8) is 0 Å². The summed E-state index contributed by atoms with van der Waals surface area (Å²) in [7, 11) is 0. The van der Waals surface area contributed by atoms with Gasteiger partial charge >= 0.3 is 0 Å². The highest BCUT2D eigenvalue weighted by Crippen LogP contribution is 2.23. The number of benzene rings is 2. The van der Waals surface area contributed by atoms with Crippen LogP contribution in [0.1, 0.15) is 17.0 Å². The summed E-state index contributed by atoms with van der Waals surface area (Å²) in [6.07, 6.45) is 0.679. The number of nitriles is 1. The molecule has 0 saturated carbocycles. The van der Waals surface area contributed by atoms with E-state index in [1.54, 1.807) is 0 Å². The monoisotopic (exact) mass is 319 g/mol. The van der Waals surface area contributed by atoms with Gasteiger partial charge in [0.1, 0.15) is 0 Å². The molecule has 0 radical (unpaired) electrons. The Balaban J connectivity index is 2.20. The summed E-state index contributed by atoms with van der Waals surface area (Å²) >= 11 is 9.34. The Morgan fingerprint density at radius 1 is 1.17 bits per heavy atom. The van der Waals surface area contributed by atoms with E-state index >= 15 is 0 Å². The zero-order valence-corrected chi connectivity index (χ0v) is 11.9. The summed E-state index contributed by atoms with van der Waals surface area (Å²) < 4.78 is 1.02. The zero-order chi connectivity index (χ0) is 13.0. The normalized spacial score (nSPS) is 11.8. The van der Waals surface area contributed by atoms with E-state index in [0.29, 0.717) is 11.4 Å². The van der Waals surface area contributed by atoms with Crippen LogP contribution in [0.25, 0.3) is 0 Å². The van der Waals surface area contributed by atoms with Crippen molar-refractivity contribution in [2.24, 2.45) is 0 Å². The molecular formula is C15H11BrClN. The van der Waals surface area contributed by atoms with E-state index in [9.17, 15) is 5.26 Å². The van der Waals surface area contributed by atoms with Crippen molar-refractivity contribution in [1.29, 1.82) is 5.26 Å². The van der Waals surface area contributed by atoms with Crippen molar-refractivity contribution in [3.8, 4) is 6.07 Å². The molecule has 0 spiro atoms. The Hall–Kier alpha value is -1.30. The third-order valence-electron chi connectivity index (χ3n) is 2.76. The summed E-state index contributed by atoms with van der Waals surface area (Å²) in [4.78, 5) is 0. The molecule has 0 aliphatic heterocycles. The van der Waals surface area contributed by atoms with E-state index in [-0.39, 0.29) is 5.92 Å². The third-order valence-corrected chi connectivity index (χ3v) is 3.52.